The van der Waals surface area contributed by atoms with Gasteiger partial charge in [0, 0.05) is 6.61 Å². The zero-order valence-electron chi connectivity index (χ0n) is 15.6. The van der Waals surface area contributed by atoms with E-state index < -0.39 is 8.32 Å². The Kier molecular flexibility index (Phi) is 7.08. The number of aryl methyl sites for hydroxylation is 2. The van der Waals surface area contributed by atoms with Crippen molar-refractivity contribution in [1.29, 1.82) is 0 Å². The fourth-order valence-corrected chi connectivity index (χ4v) is 3.29. The Morgan fingerprint density at radius 1 is 1.05 bits per heavy atom. The second-order valence-corrected chi connectivity index (χ2v) is 12.6. The van der Waals surface area contributed by atoms with Crippen LogP contribution in [0.1, 0.15) is 56.7 Å². The molecule has 0 fully saturated rings. The molecule has 0 saturated carbocycles. The molecule has 0 amide bonds. The Bertz CT molecular complexity index is 475. The highest BCUT2D eigenvalue weighted by Crippen LogP contribution is 2.36. The van der Waals surface area contributed by atoms with Gasteiger partial charge in [0.1, 0.15) is 0 Å². The number of hydrogen-bond donors (Lipinski definition) is 0. The summed E-state index contributed by atoms with van der Waals surface area (Å²) in [6, 6.07) is 6.49. The van der Waals surface area contributed by atoms with Crippen LogP contribution in [0.25, 0.3) is 6.08 Å². The summed E-state index contributed by atoms with van der Waals surface area (Å²) >= 11 is 0. The molecule has 0 aromatic heterocycles. The van der Waals surface area contributed by atoms with Gasteiger partial charge in [-0.2, -0.15) is 0 Å². The van der Waals surface area contributed by atoms with E-state index in [9.17, 15) is 0 Å². The van der Waals surface area contributed by atoms with Crippen LogP contribution in [0.3, 0.4) is 0 Å². The van der Waals surface area contributed by atoms with E-state index in [0.717, 1.165) is 19.4 Å². The predicted octanol–water partition coefficient (Wildman–Crippen LogP) is 6.51. The Hall–Kier alpha value is -0.863. The van der Waals surface area contributed by atoms with E-state index in [-0.39, 0.29) is 0 Å². The first-order chi connectivity index (χ1) is 10.1. The van der Waals surface area contributed by atoms with E-state index in [1.807, 2.05) is 0 Å². The molecule has 2 heteroatoms. The van der Waals surface area contributed by atoms with Crippen LogP contribution in [0.4, 0.5) is 0 Å². The van der Waals surface area contributed by atoms with Crippen LogP contribution >= 0.6 is 0 Å². The molecule has 0 aliphatic heterocycles. The monoisotopic (exact) mass is 318 g/mol. The van der Waals surface area contributed by atoms with Gasteiger partial charge in [-0.05, 0) is 67.9 Å². The first-order valence-corrected chi connectivity index (χ1v) is 11.4. The second-order valence-electron chi connectivity index (χ2n) is 7.81. The van der Waals surface area contributed by atoms with Crippen molar-refractivity contribution < 1.29 is 4.43 Å². The summed E-state index contributed by atoms with van der Waals surface area (Å²) in [6.07, 6.45) is 8.08. The molecule has 124 valence electrons. The van der Waals surface area contributed by atoms with E-state index in [0.29, 0.717) is 5.04 Å². The largest absolute Gasteiger partial charge is 0.417 e. The van der Waals surface area contributed by atoms with Crippen molar-refractivity contribution in [2.45, 2.75) is 72.0 Å². The molecule has 0 aliphatic rings. The van der Waals surface area contributed by atoms with Gasteiger partial charge in [-0.3, -0.25) is 0 Å². The Morgan fingerprint density at radius 3 is 2.18 bits per heavy atom. The lowest BCUT2D eigenvalue weighted by atomic mass is 10.0. The molecule has 0 heterocycles. The van der Waals surface area contributed by atoms with Gasteiger partial charge in [-0.15, -0.1) is 0 Å². The molecule has 0 bridgehead atoms. The molecule has 0 aliphatic carbocycles. The highest BCUT2D eigenvalue weighted by Gasteiger charge is 2.36. The van der Waals surface area contributed by atoms with Gasteiger partial charge in [0.05, 0.1) is 0 Å². The van der Waals surface area contributed by atoms with Crippen LogP contribution in [0.5, 0.6) is 0 Å². The Balaban J connectivity index is 2.31. The van der Waals surface area contributed by atoms with Gasteiger partial charge in [-0.1, -0.05) is 51.1 Å². The van der Waals surface area contributed by atoms with Crippen LogP contribution < -0.4 is 0 Å². The molecular weight excluding hydrogens is 284 g/mol. The smallest absolute Gasteiger partial charge is 0.191 e. The minimum atomic E-state index is -1.56. The Morgan fingerprint density at radius 2 is 1.64 bits per heavy atom. The zero-order valence-corrected chi connectivity index (χ0v) is 16.6. The topological polar surface area (TPSA) is 9.23 Å². The number of hydrogen-bond acceptors (Lipinski definition) is 1. The molecule has 1 rings (SSSR count). The lowest BCUT2D eigenvalue weighted by molar-refractivity contribution is 0.279. The minimum absolute atomic E-state index is 0.315. The van der Waals surface area contributed by atoms with Gasteiger partial charge >= 0.3 is 0 Å². The maximum Gasteiger partial charge on any atom is 0.191 e. The van der Waals surface area contributed by atoms with Crippen molar-refractivity contribution in [2.75, 3.05) is 6.61 Å². The highest BCUT2D eigenvalue weighted by atomic mass is 28.4. The van der Waals surface area contributed by atoms with Crippen LogP contribution in [0.2, 0.25) is 18.1 Å². The molecule has 0 atom stereocenters. The number of rotatable bonds is 7. The summed E-state index contributed by atoms with van der Waals surface area (Å²) in [7, 11) is -1.56. The molecular formula is C20H34OSi. The lowest BCUT2D eigenvalue weighted by Gasteiger charge is -2.36. The van der Waals surface area contributed by atoms with E-state index in [2.05, 4.69) is 78.1 Å². The van der Waals surface area contributed by atoms with Crippen molar-refractivity contribution in [1.82, 2.24) is 0 Å². The number of benzene rings is 1. The zero-order chi connectivity index (χ0) is 16.8. The van der Waals surface area contributed by atoms with Crippen molar-refractivity contribution in [3.05, 3.63) is 41.0 Å². The fourth-order valence-electron chi connectivity index (χ4n) is 2.20. The molecule has 0 unspecified atom stereocenters. The molecule has 0 radical (unpaired) electrons. The molecule has 0 saturated heterocycles. The molecule has 0 N–H and O–H groups in total. The molecule has 22 heavy (non-hydrogen) atoms. The lowest BCUT2D eigenvalue weighted by Crippen LogP contribution is -2.40. The van der Waals surface area contributed by atoms with Crippen molar-refractivity contribution in [3.63, 3.8) is 0 Å². The summed E-state index contributed by atoms with van der Waals surface area (Å²) < 4.78 is 6.21. The third-order valence-electron chi connectivity index (χ3n) is 4.86. The third kappa shape index (κ3) is 5.73. The summed E-state index contributed by atoms with van der Waals surface area (Å²) in [5.41, 5.74) is 4.09. The van der Waals surface area contributed by atoms with Crippen molar-refractivity contribution in [2.24, 2.45) is 0 Å². The fraction of sp³-hybridized carbons (Fsp3) is 0.600. The van der Waals surface area contributed by atoms with Gasteiger partial charge in [0.25, 0.3) is 0 Å². The molecule has 1 aromatic rings. The molecule has 1 aromatic carbocycles. The van der Waals surface area contributed by atoms with Crippen LogP contribution in [0, 0.1) is 13.8 Å². The summed E-state index contributed by atoms with van der Waals surface area (Å²) in [5.74, 6) is 0. The summed E-state index contributed by atoms with van der Waals surface area (Å²) in [4.78, 5) is 0. The van der Waals surface area contributed by atoms with E-state index in [1.54, 1.807) is 0 Å². The van der Waals surface area contributed by atoms with E-state index in [1.165, 1.54) is 23.1 Å². The second kappa shape index (κ2) is 8.12. The summed E-state index contributed by atoms with van der Waals surface area (Å²) in [6.45, 7) is 16.8. The van der Waals surface area contributed by atoms with Gasteiger partial charge < -0.3 is 4.43 Å². The number of allylic oxidation sites excluding steroid dienone is 1. The maximum atomic E-state index is 6.21. The van der Waals surface area contributed by atoms with Gasteiger partial charge in [0.2, 0.25) is 0 Å². The van der Waals surface area contributed by atoms with Crippen molar-refractivity contribution in [3.8, 4) is 0 Å². The quantitative estimate of drug-likeness (QED) is 0.411. The normalized spacial score (nSPS) is 13.0. The standard InChI is InChI=1S/C20H34OSi/c1-17-13-12-14-18(2)19(17)15-10-8-9-11-16-21-22(6,7)20(3,4)5/h10,12-15H,8-9,11,16H2,1-7H3/b15-10-. The van der Waals surface area contributed by atoms with Crippen LogP contribution in [-0.2, 0) is 4.43 Å². The first-order valence-electron chi connectivity index (χ1n) is 8.52. The number of unbranched alkanes of at least 4 members (excludes halogenated alkanes) is 2. The van der Waals surface area contributed by atoms with Crippen LogP contribution in [0.15, 0.2) is 24.3 Å². The molecule has 1 nitrogen and oxygen atoms in total. The Labute approximate surface area is 138 Å². The maximum absolute atomic E-state index is 6.21. The molecule has 0 spiro atoms. The summed E-state index contributed by atoms with van der Waals surface area (Å²) in [5, 5.41) is 0.315. The highest BCUT2D eigenvalue weighted by molar-refractivity contribution is 6.74. The SMILES string of the molecule is Cc1cccc(C)c1/C=C\CCCCO[Si](C)(C)C(C)(C)C. The van der Waals surface area contributed by atoms with Gasteiger partial charge in [-0.25, -0.2) is 0 Å². The van der Waals surface area contributed by atoms with Crippen LogP contribution in [-0.4, -0.2) is 14.9 Å². The average Bonchev–Trinajstić information content (AvgIpc) is 2.39. The van der Waals surface area contributed by atoms with Gasteiger partial charge in [0.15, 0.2) is 8.32 Å². The van der Waals surface area contributed by atoms with E-state index in [4.69, 9.17) is 4.43 Å². The predicted molar refractivity (Wildman–Crippen MR) is 102 cm³/mol. The minimum Gasteiger partial charge on any atom is -0.417 e. The van der Waals surface area contributed by atoms with E-state index >= 15 is 0 Å². The van der Waals surface area contributed by atoms with Crippen molar-refractivity contribution >= 4 is 14.4 Å². The average molecular weight is 319 g/mol. The third-order valence-corrected chi connectivity index (χ3v) is 9.40. The first kappa shape index (κ1) is 19.2.